The van der Waals surface area contributed by atoms with E-state index >= 15 is 0 Å². The van der Waals surface area contributed by atoms with Crippen molar-refractivity contribution < 1.29 is 4.92 Å². The van der Waals surface area contributed by atoms with Crippen molar-refractivity contribution in [2.75, 3.05) is 6.54 Å². The molecule has 0 saturated carbocycles. The van der Waals surface area contributed by atoms with E-state index in [2.05, 4.69) is 9.97 Å². The minimum atomic E-state index is -0.367. The number of imidazole rings is 1. The smallest absolute Gasteiger partial charge is 0.272 e. The van der Waals surface area contributed by atoms with Gasteiger partial charge in [0.2, 0.25) is 0 Å². The van der Waals surface area contributed by atoms with Gasteiger partial charge in [0.1, 0.15) is 5.82 Å². The van der Waals surface area contributed by atoms with Crippen molar-refractivity contribution in [2.24, 2.45) is 5.73 Å². The van der Waals surface area contributed by atoms with E-state index < -0.39 is 0 Å². The summed E-state index contributed by atoms with van der Waals surface area (Å²) in [5.41, 5.74) is 7.71. The Bertz CT molecular complexity index is 607. The van der Waals surface area contributed by atoms with Crippen molar-refractivity contribution in [3.8, 4) is 11.3 Å². The Labute approximate surface area is 117 Å². The Kier molecular flexibility index (Phi) is 4.47. The predicted octanol–water partition coefficient (Wildman–Crippen LogP) is 2.57. The van der Waals surface area contributed by atoms with Gasteiger partial charge in [-0.3, -0.25) is 10.1 Å². The number of benzene rings is 1. The number of hydrogen-bond acceptors (Lipinski definition) is 4. The van der Waals surface area contributed by atoms with E-state index in [9.17, 15) is 10.1 Å². The highest BCUT2D eigenvalue weighted by Gasteiger charge is 2.13. The average molecular weight is 274 g/mol. The molecule has 0 atom stereocenters. The first-order chi connectivity index (χ1) is 9.61. The number of aromatic nitrogens is 2. The van der Waals surface area contributed by atoms with Crippen LogP contribution in [0.5, 0.6) is 0 Å². The topological polar surface area (TPSA) is 97.8 Å². The summed E-state index contributed by atoms with van der Waals surface area (Å²) in [6.45, 7) is 2.41. The molecule has 0 radical (unpaired) electrons. The minimum absolute atomic E-state index is 0.121. The molecule has 0 saturated heterocycles. The maximum absolute atomic E-state index is 11.0. The minimum Gasteiger partial charge on any atom is -0.348 e. The Morgan fingerprint density at radius 1 is 1.40 bits per heavy atom. The number of nitro groups is 1. The number of nitrogens with zero attached hydrogens (tertiary/aromatic N) is 2. The Hall–Kier alpha value is -2.21. The zero-order chi connectivity index (χ0) is 14.5. The molecule has 0 spiro atoms. The molecule has 1 aromatic carbocycles. The van der Waals surface area contributed by atoms with E-state index in [1.54, 1.807) is 25.3 Å². The van der Waals surface area contributed by atoms with Gasteiger partial charge in [0, 0.05) is 29.8 Å². The maximum Gasteiger partial charge on any atom is 0.272 e. The number of rotatable bonds is 6. The number of nitro benzene ring substituents is 1. The fourth-order valence-corrected chi connectivity index (χ4v) is 2.04. The number of H-pyrrole nitrogens is 1. The second kappa shape index (κ2) is 6.29. The van der Waals surface area contributed by atoms with Crippen molar-refractivity contribution in [2.45, 2.75) is 26.2 Å². The van der Waals surface area contributed by atoms with Crippen molar-refractivity contribution in [1.82, 2.24) is 9.97 Å². The van der Waals surface area contributed by atoms with Gasteiger partial charge >= 0.3 is 0 Å². The summed E-state index contributed by atoms with van der Waals surface area (Å²) in [6, 6.07) is 5.16. The van der Waals surface area contributed by atoms with Gasteiger partial charge in [-0.2, -0.15) is 0 Å². The van der Waals surface area contributed by atoms with Crippen LogP contribution in [0.15, 0.2) is 24.4 Å². The van der Waals surface area contributed by atoms with Gasteiger partial charge in [0.25, 0.3) is 5.69 Å². The van der Waals surface area contributed by atoms with E-state index in [-0.39, 0.29) is 10.6 Å². The summed E-state index contributed by atoms with van der Waals surface area (Å²) < 4.78 is 0. The van der Waals surface area contributed by atoms with Crippen LogP contribution in [0.4, 0.5) is 5.69 Å². The number of nitrogens with one attached hydrogen (secondary N) is 1. The van der Waals surface area contributed by atoms with Crippen LogP contribution < -0.4 is 5.73 Å². The number of unbranched alkanes of at least 4 members (excludes halogenated alkanes) is 1. The number of aromatic amines is 1. The van der Waals surface area contributed by atoms with Crippen LogP contribution >= 0.6 is 0 Å². The molecule has 0 unspecified atom stereocenters. The summed E-state index contributed by atoms with van der Waals surface area (Å²) in [4.78, 5) is 18.2. The van der Waals surface area contributed by atoms with Crippen LogP contribution in [0.25, 0.3) is 11.3 Å². The number of hydrogen-bond donors (Lipinski definition) is 2. The van der Waals surface area contributed by atoms with E-state index in [0.717, 1.165) is 36.3 Å². The van der Waals surface area contributed by atoms with Crippen LogP contribution in [0.2, 0.25) is 0 Å². The summed E-state index contributed by atoms with van der Waals surface area (Å²) in [5, 5.41) is 11.0. The molecule has 0 amide bonds. The van der Waals surface area contributed by atoms with Crippen molar-refractivity contribution in [3.05, 3.63) is 45.9 Å². The molecule has 20 heavy (non-hydrogen) atoms. The molecule has 3 N–H and O–H groups in total. The zero-order valence-corrected chi connectivity index (χ0v) is 11.4. The van der Waals surface area contributed by atoms with Gasteiger partial charge in [-0.1, -0.05) is 12.1 Å². The zero-order valence-electron chi connectivity index (χ0n) is 11.4. The molecule has 0 fully saturated rings. The van der Waals surface area contributed by atoms with E-state index in [1.807, 2.05) is 6.07 Å². The monoisotopic (exact) mass is 274 g/mol. The second-order valence-corrected chi connectivity index (χ2v) is 4.74. The van der Waals surface area contributed by atoms with Crippen LogP contribution in [0, 0.1) is 17.0 Å². The Balaban J connectivity index is 2.19. The molecule has 106 valence electrons. The molecule has 1 aromatic heterocycles. The number of nitrogens with two attached hydrogens (primary N) is 1. The van der Waals surface area contributed by atoms with Gasteiger partial charge in [-0.25, -0.2) is 4.98 Å². The second-order valence-electron chi connectivity index (χ2n) is 4.74. The third-order valence-corrected chi connectivity index (χ3v) is 3.20. The summed E-state index contributed by atoms with van der Waals surface area (Å²) in [5.74, 6) is 0.886. The van der Waals surface area contributed by atoms with Gasteiger partial charge in [0.15, 0.2) is 0 Å². The van der Waals surface area contributed by atoms with Crippen molar-refractivity contribution in [3.63, 3.8) is 0 Å². The third-order valence-electron chi connectivity index (χ3n) is 3.20. The molecule has 1 heterocycles. The highest BCUT2D eigenvalue weighted by atomic mass is 16.6. The summed E-state index contributed by atoms with van der Waals surface area (Å²) in [6.07, 6.45) is 4.57. The molecule has 6 nitrogen and oxygen atoms in total. The van der Waals surface area contributed by atoms with Crippen LogP contribution in [-0.4, -0.2) is 21.4 Å². The quantitative estimate of drug-likeness (QED) is 0.480. The first kappa shape index (κ1) is 14.2. The average Bonchev–Trinajstić information content (AvgIpc) is 2.88. The first-order valence-corrected chi connectivity index (χ1v) is 6.61. The molecule has 2 aromatic rings. The molecule has 6 heteroatoms. The lowest BCUT2D eigenvalue weighted by Gasteiger charge is -2.00. The van der Waals surface area contributed by atoms with Crippen LogP contribution in [0.3, 0.4) is 0 Å². The number of aryl methyl sites for hydroxylation is 2. The van der Waals surface area contributed by atoms with Gasteiger partial charge < -0.3 is 10.7 Å². The Morgan fingerprint density at radius 2 is 2.20 bits per heavy atom. The maximum atomic E-state index is 11.0. The first-order valence-electron chi connectivity index (χ1n) is 6.61. The molecule has 0 bridgehead atoms. The van der Waals surface area contributed by atoms with Crippen LogP contribution in [0.1, 0.15) is 24.2 Å². The van der Waals surface area contributed by atoms with E-state index in [0.29, 0.717) is 12.1 Å². The molecule has 0 aliphatic heterocycles. The molecular weight excluding hydrogens is 256 g/mol. The van der Waals surface area contributed by atoms with Gasteiger partial charge in [-0.15, -0.1) is 0 Å². The normalized spacial score (nSPS) is 10.7. The van der Waals surface area contributed by atoms with Gasteiger partial charge in [-0.05, 0) is 26.3 Å². The highest BCUT2D eigenvalue weighted by molar-refractivity contribution is 5.63. The van der Waals surface area contributed by atoms with E-state index in [1.165, 1.54) is 0 Å². The SMILES string of the molecule is Cc1ccc(-c2c[nH]c(CCCCN)n2)cc1[N+](=O)[O-]. The largest absolute Gasteiger partial charge is 0.348 e. The van der Waals surface area contributed by atoms with Crippen molar-refractivity contribution in [1.29, 1.82) is 0 Å². The molecule has 0 aliphatic rings. The standard InChI is InChI=1S/C14H18N4O2/c1-10-5-6-11(8-13(10)18(19)20)12-9-16-14(17-12)4-2-3-7-15/h5-6,8-9H,2-4,7,15H2,1H3,(H,16,17). The summed E-state index contributed by atoms with van der Waals surface area (Å²) >= 11 is 0. The summed E-state index contributed by atoms with van der Waals surface area (Å²) in [7, 11) is 0. The van der Waals surface area contributed by atoms with Crippen LogP contribution in [-0.2, 0) is 6.42 Å². The Morgan fingerprint density at radius 3 is 2.90 bits per heavy atom. The lowest BCUT2D eigenvalue weighted by Crippen LogP contribution is -1.99. The third kappa shape index (κ3) is 3.21. The fourth-order valence-electron chi connectivity index (χ4n) is 2.04. The predicted molar refractivity (Wildman–Crippen MR) is 77.4 cm³/mol. The molecular formula is C14H18N4O2. The van der Waals surface area contributed by atoms with Gasteiger partial charge in [0.05, 0.1) is 10.6 Å². The fraction of sp³-hybridized carbons (Fsp3) is 0.357. The lowest BCUT2D eigenvalue weighted by molar-refractivity contribution is -0.385. The van der Waals surface area contributed by atoms with Crippen molar-refractivity contribution >= 4 is 5.69 Å². The lowest BCUT2D eigenvalue weighted by atomic mass is 10.1. The highest BCUT2D eigenvalue weighted by Crippen LogP contribution is 2.25. The molecule has 2 rings (SSSR count). The molecule has 0 aliphatic carbocycles. The van der Waals surface area contributed by atoms with E-state index in [4.69, 9.17) is 5.73 Å².